The third-order valence-electron chi connectivity index (χ3n) is 6.56. The second-order valence-electron chi connectivity index (χ2n) is 9.48. The number of nitrogens with one attached hydrogen (secondary N) is 2. The van der Waals surface area contributed by atoms with Crippen LogP contribution in [0.5, 0.6) is 0 Å². The predicted octanol–water partition coefficient (Wildman–Crippen LogP) is 6.09. The number of aryl methyl sites for hydroxylation is 1. The number of fused-ring (bicyclic) bond motifs is 1. The van der Waals surface area contributed by atoms with E-state index in [0.29, 0.717) is 17.8 Å². The summed E-state index contributed by atoms with van der Waals surface area (Å²) in [6, 6.07) is 31.8. The number of carbonyl (C=O) groups excluding carboxylic acids is 3. The molecule has 1 aliphatic rings. The van der Waals surface area contributed by atoms with Crippen molar-refractivity contribution in [1.29, 1.82) is 0 Å². The number of amides is 3. The molecule has 4 aromatic rings. The van der Waals surface area contributed by atoms with Crippen LogP contribution in [-0.4, -0.2) is 30.0 Å². The molecule has 5 rings (SSSR count). The molecule has 2 N–H and O–H groups in total. The minimum absolute atomic E-state index is 0.0522. The Hall–Kier alpha value is -4.62. The van der Waals surface area contributed by atoms with Gasteiger partial charge in [0.2, 0.25) is 5.91 Å². The van der Waals surface area contributed by atoms with E-state index < -0.39 is 5.91 Å². The van der Waals surface area contributed by atoms with E-state index in [-0.39, 0.29) is 23.3 Å². The molecule has 0 unspecified atom stereocenters. The molecule has 1 heterocycles. The Labute approximate surface area is 238 Å². The van der Waals surface area contributed by atoms with Crippen molar-refractivity contribution < 1.29 is 14.4 Å². The molecule has 3 amide bonds. The van der Waals surface area contributed by atoms with Crippen molar-refractivity contribution in [2.24, 2.45) is 0 Å². The van der Waals surface area contributed by atoms with E-state index in [9.17, 15) is 14.4 Å². The van der Waals surface area contributed by atoms with E-state index in [4.69, 9.17) is 0 Å². The van der Waals surface area contributed by atoms with E-state index in [1.165, 1.54) is 17.3 Å². The normalized spacial score (nSPS) is 12.5. The van der Waals surface area contributed by atoms with Gasteiger partial charge in [0.1, 0.15) is 5.70 Å². The van der Waals surface area contributed by atoms with Gasteiger partial charge in [0, 0.05) is 28.4 Å². The van der Waals surface area contributed by atoms with Crippen LogP contribution in [0.15, 0.2) is 114 Å². The second-order valence-corrected chi connectivity index (χ2v) is 10.5. The fourth-order valence-electron chi connectivity index (χ4n) is 4.45. The van der Waals surface area contributed by atoms with Gasteiger partial charge in [0.05, 0.1) is 5.75 Å². The molecule has 0 spiro atoms. The topological polar surface area (TPSA) is 78.5 Å². The molecule has 0 saturated heterocycles. The summed E-state index contributed by atoms with van der Waals surface area (Å²) in [5, 5.41) is 5.66. The summed E-state index contributed by atoms with van der Waals surface area (Å²) in [6.07, 6.45) is 2.52. The number of anilines is 2. The SMILES string of the molecule is Cc1ccc(/C=C(\NC(=O)c2ccccc2)C(=O)Nc2cccc(SCC(=O)N3CCc4ccccc43)c2)cc1. The predicted molar refractivity (Wildman–Crippen MR) is 161 cm³/mol. The number of thioether (sulfide) groups is 1. The second kappa shape index (κ2) is 12.5. The summed E-state index contributed by atoms with van der Waals surface area (Å²) in [7, 11) is 0. The van der Waals surface area contributed by atoms with Gasteiger partial charge < -0.3 is 15.5 Å². The molecule has 0 bridgehead atoms. The van der Waals surface area contributed by atoms with Crippen molar-refractivity contribution in [2.75, 3.05) is 22.5 Å². The molecule has 6 nitrogen and oxygen atoms in total. The Morgan fingerprint density at radius 2 is 1.62 bits per heavy atom. The van der Waals surface area contributed by atoms with E-state index in [1.807, 2.05) is 78.6 Å². The summed E-state index contributed by atoms with van der Waals surface area (Å²) in [6.45, 7) is 2.68. The highest BCUT2D eigenvalue weighted by Crippen LogP contribution is 2.29. The highest BCUT2D eigenvalue weighted by Gasteiger charge is 2.24. The number of para-hydroxylation sites is 1. The van der Waals surface area contributed by atoms with Crippen molar-refractivity contribution in [3.63, 3.8) is 0 Å². The van der Waals surface area contributed by atoms with Crippen LogP contribution in [-0.2, 0) is 16.0 Å². The van der Waals surface area contributed by atoms with Crippen molar-refractivity contribution in [3.05, 3.63) is 131 Å². The van der Waals surface area contributed by atoms with Gasteiger partial charge in [-0.1, -0.05) is 72.3 Å². The van der Waals surface area contributed by atoms with Gasteiger partial charge in [-0.05, 0) is 66.9 Å². The first-order valence-corrected chi connectivity index (χ1v) is 14.0. The molecule has 0 aromatic heterocycles. The summed E-state index contributed by atoms with van der Waals surface area (Å²) < 4.78 is 0. The average Bonchev–Trinajstić information content (AvgIpc) is 3.42. The summed E-state index contributed by atoms with van der Waals surface area (Å²) in [5.74, 6) is -0.481. The Balaban J connectivity index is 1.28. The van der Waals surface area contributed by atoms with Crippen LogP contribution in [0.4, 0.5) is 11.4 Å². The molecule has 0 atom stereocenters. The number of hydrogen-bond acceptors (Lipinski definition) is 4. The molecule has 0 fully saturated rings. The molecule has 0 saturated carbocycles. The third-order valence-corrected chi connectivity index (χ3v) is 7.54. The van der Waals surface area contributed by atoms with Gasteiger partial charge in [-0.3, -0.25) is 14.4 Å². The lowest BCUT2D eigenvalue weighted by Gasteiger charge is -2.17. The standard InChI is InChI=1S/C33H29N3O3S/c1-23-14-16-24(17-15-23)20-29(35-32(38)26-9-3-2-4-10-26)33(39)34-27-11-7-12-28(21-27)40-22-31(37)36-19-18-25-8-5-6-13-30(25)36/h2-17,20-21H,18-19,22H2,1H3,(H,34,39)(H,35,38)/b29-20-. The van der Waals surface area contributed by atoms with Crippen molar-refractivity contribution >= 4 is 46.9 Å². The minimum Gasteiger partial charge on any atom is -0.321 e. The quantitative estimate of drug-likeness (QED) is 0.207. The van der Waals surface area contributed by atoms with Gasteiger partial charge in [-0.25, -0.2) is 0 Å². The van der Waals surface area contributed by atoms with Crippen molar-refractivity contribution in [3.8, 4) is 0 Å². The molecule has 0 radical (unpaired) electrons. The number of carbonyl (C=O) groups is 3. The first kappa shape index (κ1) is 27.0. The van der Waals surface area contributed by atoms with E-state index in [1.54, 1.807) is 36.4 Å². The van der Waals surface area contributed by atoms with Gasteiger partial charge >= 0.3 is 0 Å². The van der Waals surface area contributed by atoms with Crippen molar-refractivity contribution in [2.45, 2.75) is 18.2 Å². The third kappa shape index (κ3) is 6.68. The molecule has 1 aliphatic heterocycles. The lowest BCUT2D eigenvalue weighted by Crippen LogP contribution is -2.30. The van der Waals surface area contributed by atoms with Gasteiger partial charge in [0.25, 0.3) is 11.8 Å². The Morgan fingerprint density at radius 3 is 2.42 bits per heavy atom. The molecule has 40 heavy (non-hydrogen) atoms. The Bertz CT molecular complexity index is 1570. The number of benzene rings is 4. The molecule has 7 heteroatoms. The molecular weight excluding hydrogens is 518 g/mol. The zero-order valence-corrected chi connectivity index (χ0v) is 22.9. The fraction of sp³-hybridized carbons (Fsp3) is 0.121. The highest BCUT2D eigenvalue weighted by atomic mass is 32.2. The number of hydrogen-bond donors (Lipinski definition) is 2. The lowest BCUT2D eigenvalue weighted by atomic mass is 10.1. The first-order valence-electron chi connectivity index (χ1n) is 13.0. The molecule has 0 aliphatic carbocycles. The molecule has 200 valence electrons. The van der Waals surface area contributed by atoms with Crippen LogP contribution in [0.3, 0.4) is 0 Å². The summed E-state index contributed by atoms with van der Waals surface area (Å²) >= 11 is 1.42. The van der Waals surface area contributed by atoms with E-state index in [2.05, 4.69) is 16.7 Å². The first-order chi connectivity index (χ1) is 19.5. The van der Waals surface area contributed by atoms with Crippen LogP contribution in [0, 0.1) is 6.92 Å². The van der Waals surface area contributed by atoms with Crippen LogP contribution < -0.4 is 15.5 Å². The van der Waals surface area contributed by atoms with Crippen LogP contribution in [0.2, 0.25) is 0 Å². The maximum atomic E-state index is 13.4. The van der Waals surface area contributed by atoms with Crippen LogP contribution >= 0.6 is 11.8 Å². The molecule has 4 aromatic carbocycles. The van der Waals surface area contributed by atoms with Gasteiger partial charge in [0.15, 0.2) is 0 Å². The molecular formula is C33H29N3O3S. The maximum Gasteiger partial charge on any atom is 0.272 e. The van der Waals surface area contributed by atoms with Gasteiger partial charge in [-0.15, -0.1) is 11.8 Å². The highest BCUT2D eigenvalue weighted by molar-refractivity contribution is 8.00. The van der Waals surface area contributed by atoms with E-state index in [0.717, 1.165) is 28.1 Å². The smallest absolute Gasteiger partial charge is 0.272 e. The largest absolute Gasteiger partial charge is 0.321 e. The average molecular weight is 548 g/mol. The van der Waals surface area contributed by atoms with Crippen LogP contribution in [0.1, 0.15) is 27.0 Å². The number of rotatable bonds is 8. The van der Waals surface area contributed by atoms with E-state index >= 15 is 0 Å². The minimum atomic E-state index is -0.447. The van der Waals surface area contributed by atoms with Crippen molar-refractivity contribution in [1.82, 2.24) is 5.32 Å². The summed E-state index contributed by atoms with van der Waals surface area (Å²) in [5.41, 5.74) is 5.21. The van der Waals surface area contributed by atoms with Gasteiger partial charge in [-0.2, -0.15) is 0 Å². The summed E-state index contributed by atoms with van der Waals surface area (Å²) in [4.78, 5) is 41.9. The zero-order valence-electron chi connectivity index (χ0n) is 22.1. The maximum absolute atomic E-state index is 13.4. The lowest BCUT2D eigenvalue weighted by molar-refractivity contribution is -0.116. The van der Waals surface area contributed by atoms with Crippen LogP contribution in [0.25, 0.3) is 6.08 Å². The Morgan fingerprint density at radius 1 is 0.875 bits per heavy atom. The Kier molecular flexibility index (Phi) is 8.42. The zero-order chi connectivity index (χ0) is 27.9. The fourth-order valence-corrected chi connectivity index (χ4v) is 5.29. The number of nitrogens with zero attached hydrogens (tertiary/aromatic N) is 1. The monoisotopic (exact) mass is 547 g/mol.